The van der Waals surface area contributed by atoms with E-state index in [0.717, 1.165) is 15.6 Å². The van der Waals surface area contributed by atoms with Gasteiger partial charge in [-0.25, -0.2) is 0 Å². The molecule has 1 nitrogen and oxygen atoms in total. The van der Waals surface area contributed by atoms with E-state index in [4.69, 9.17) is 0 Å². The SMILES string of the molecule is CC(NC1CCCC(C(F)(F)F)C1)c1ccc(I)cc1. The van der Waals surface area contributed by atoms with Crippen LogP contribution in [-0.2, 0) is 0 Å². The van der Waals surface area contributed by atoms with Crippen LogP contribution in [0.2, 0.25) is 0 Å². The third-order valence-corrected chi connectivity index (χ3v) is 4.71. The van der Waals surface area contributed by atoms with E-state index < -0.39 is 12.1 Å². The maximum atomic E-state index is 12.8. The van der Waals surface area contributed by atoms with Gasteiger partial charge in [0.15, 0.2) is 0 Å². The average molecular weight is 397 g/mol. The summed E-state index contributed by atoms with van der Waals surface area (Å²) >= 11 is 2.24. The third kappa shape index (κ3) is 4.35. The van der Waals surface area contributed by atoms with Gasteiger partial charge in [-0.3, -0.25) is 0 Å². The van der Waals surface area contributed by atoms with E-state index in [2.05, 4.69) is 27.9 Å². The maximum Gasteiger partial charge on any atom is 0.391 e. The Morgan fingerprint density at radius 2 is 1.85 bits per heavy atom. The molecule has 3 unspecified atom stereocenters. The second-order valence-electron chi connectivity index (χ2n) is 5.54. The van der Waals surface area contributed by atoms with Crippen LogP contribution < -0.4 is 5.32 Å². The zero-order valence-corrected chi connectivity index (χ0v) is 13.5. The minimum absolute atomic E-state index is 0.0374. The predicted octanol–water partition coefficient (Wildman–Crippen LogP) is 5.06. The molecule has 112 valence electrons. The van der Waals surface area contributed by atoms with Gasteiger partial charge in [0.2, 0.25) is 0 Å². The minimum Gasteiger partial charge on any atom is -0.307 e. The maximum absolute atomic E-state index is 12.8. The van der Waals surface area contributed by atoms with Crippen molar-refractivity contribution in [3.8, 4) is 0 Å². The number of hydrogen-bond acceptors (Lipinski definition) is 1. The zero-order valence-electron chi connectivity index (χ0n) is 11.4. The van der Waals surface area contributed by atoms with Crippen LogP contribution in [0.25, 0.3) is 0 Å². The summed E-state index contributed by atoms with van der Waals surface area (Å²) in [7, 11) is 0. The Bertz CT molecular complexity index is 430. The normalized spacial score (nSPS) is 25.4. The standard InChI is InChI=1S/C15H19F3IN/c1-10(11-5-7-13(19)8-6-11)20-14-4-2-3-12(9-14)15(16,17)18/h5-8,10,12,14,20H,2-4,9H2,1H3. The van der Waals surface area contributed by atoms with Gasteiger partial charge in [0.25, 0.3) is 0 Å². The summed E-state index contributed by atoms with van der Waals surface area (Å²) in [6.45, 7) is 2.01. The predicted molar refractivity (Wildman–Crippen MR) is 82.5 cm³/mol. The lowest BCUT2D eigenvalue weighted by Gasteiger charge is -2.33. The number of rotatable bonds is 3. The highest BCUT2D eigenvalue weighted by Gasteiger charge is 2.42. The van der Waals surface area contributed by atoms with Crippen molar-refractivity contribution in [2.45, 2.75) is 50.9 Å². The number of hydrogen-bond donors (Lipinski definition) is 1. The first-order valence-corrected chi connectivity index (χ1v) is 8.02. The monoisotopic (exact) mass is 397 g/mol. The van der Waals surface area contributed by atoms with Crippen molar-refractivity contribution in [1.29, 1.82) is 0 Å². The summed E-state index contributed by atoms with van der Waals surface area (Å²) < 4.78 is 39.5. The first-order chi connectivity index (χ1) is 9.36. The van der Waals surface area contributed by atoms with Crippen molar-refractivity contribution in [2.75, 3.05) is 0 Å². The molecule has 2 rings (SSSR count). The van der Waals surface area contributed by atoms with Crippen LogP contribution in [-0.4, -0.2) is 12.2 Å². The highest BCUT2D eigenvalue weighted by atomic mass is 127. The molecule has 1 aromatic carbocycles. The van der Waals surface area contributed by atoms with Gasteiger partial charge in [0.1, 0.15) is 0 Å². The van der Waals surface area contributed by atoms with Crippen LogP contribution in [0.5, 0.6) is 0 Å². The lowest BCUT2D eigenvalue weighted by atomic mass is 9.85. The topological polar surface area (TPSA) is 12.0 Å². The fourth-order valence-corrected chi connectivity index (χ4v) is 3.20. The number of halogens is 4. The molecule has 5 heteroatoms. The van der Waals surface area contributed by atoms with Crippen LogP contribution in [0, 0.1) is 9.49 Å². The molecule has 1 fully saturated rings. The first kappa shape index (κ1) is 16.1. The molecule has 1 saturated carbocycles. The minimum atomic E-state index is -4.05. The summed E-state index contributed by atoms with van der Waals surface area (Å²) in [6, 6.07) is 8.15. The molecule has 3 atom stereocenters. The number of alkyl halides is 3. The van der Waals surface area contributed by atoms with Crippen LogP contribution in [0.4, 0.5) is 13.2 Å². The highest BCUT2D eigenvalue weighted by molar-refractivity contribution is 14.1. The van der Waals surface area contributed by atoms with Gasteiger partial charge in [0, 0.05) is 15.7 Å². The van der Waals surface area contributed by atoms with Gasteiger partial charge in [0.05, 0.1) is 5.92 Å². The van der Waals surface area contributed by atoms with Crippen LogP contribution in [0.15, 0.2) is 24.3 Å². The number of benzene rings is 1. The van der Waals surface area contributed by atoms with E-state index in [1.807, 2.05) is 31.2 Å². The third-order valence-electron chi connectivity index (χ3n) is 3.99. The van der Waals surface area contributed by atoms with E-state index in [1.165, 1.54) is 0 Å². The van der Waals surface area contributed by atoms with Gasteiger partial charge in [-0.2, -0.15) is 13.2 Å². The molecule has 1 aromatic rings. The molecule has 0 amide bonds. The van der Waals surface area contributed by atoms with Gasteiger partial charge < -0.3 is 5.32 Å². The Morgan fingerprint density at radius 1 is 1.20 bits per heavy atom. The molecular weight excluding hydrogens is 378 g/mol. The average Bonchev–Trinajstić information content (AvgIpc) is 2.38. The van der Waals surface area contributed by atoms with Crippen LogP contribution in [0.3, 0.4) is 0 Å². The molecule has 1 aliphatic rings. The molecule has 0 bridgehead atoms. The lowest BCUT2D eigenvalue weighted by molar-refractivity contribution is -0.183. The molecule has 1 aliphatic carbocycles. The van der Waals surface area contributed by atoms with Crippen molar-refractivity contribution < 1.29 is 13.2 Å². The quantitative estimate of drug-likeness (QED) is 0.703. The molecule has 20 heavy (non-hydrogen) atoms. The number of nitrogens with one attached hydrogen (secondary N) is 1. The Balaban J connectivity index is 1.94. The molecule has 0 aliphatic heterocycles. The fourth-order valence-electron chi connectivity index (χ4n) is 2.84. The Hall–Kier alpha value is -0.300. The second-order valence-corrected chi connectivity index (χ2v) is 6.79. The van der Waals surface area contributed by atoms with Crippen molar-refractivity contribution in [1.82, 2.24) is 5.32 Å². The smallest absolute Gasteiger partial charge is 0.307 e. The Morgan fingerprint density at radius 3 is 2.45 bits per heavy atom. The molecule has 0 aromatic heterocycles. The van der Waals surface area contributed by atoms with Gasteiger partial charge in [-0.05, 0) is 66.5 Å². The second kappa shape index (κ2) is 6.64. The molecule has 0 saturated heterocycles. The van der Waals surface area contributed by atoms with E-state index in [-0.39, 0.29) is 24.9 Å². The van der Waals surface area contributed by atoms with E-state index in [9.17, 15) is 13.2 Å². The van der Waals surface area contributed by atoms with Crippen LogP contribution >= 0.6 is 22.6 Å². The van der Waals surface area contributed by atoms with Crippen molar-refractivity contribution >= 4 is 22.6 Å². The van der Waals surface area contributed by atoms with E-state index in [1.54, 1.807) is 0 Å². The largest absolute Gasteiger partial charge is 0.391 e. The van der Waals surface area contributed by atoms with Crippen molar-refractivity contribution in [2.24, 2.45) is 5.92 Å². The van der Waals surface area contributed by atoms with Gasteiger partial charge in [-0.1, -0.05) is 18.6 Å². The Labute approximate surface area is 131 Å². The van der Waals surface area contributed by atoms with E-state index in [0.29, 0.717) is 6.42 Å². The molecule has 0 spiro atoms. The van der Waals surface area contributed by atoms with Gasteiger partial charge >= 0.3 is 6.18 Å². The molecular formula is C15H19F3IN. The molecule has 1 N–H and O–H groups in total. The summed E-state index contributed by atoms with van der Waals surface area (Å²) in [5, 5.41) is 3.35. The van der Waals surface area contributed by atoms with Crippen LogP contribution in [0.1, 0.15) is 44.2 Å². The molecule has 0 radical (unpaired) electrons. The lowest BCUT2D eigenvalue weighted by Crippen LogP contribution is -2.39. The van der Waals surface area contributed by atoms with Crippen molar-refractivity contribution in [3.63, 3.8) is 0 Å². The summed E-state index contributed by atoms with van der Waals surface area (Å²) in [4.78, 5) is 0. The van der Waals surface area contributed by atoms with Gasteiger partial charge in [-0.15, -0.1) is 0 Å². The van der Waals surface area contributed by atoms with Crippen molar-refractivity contribution in [3.05, 3.63) is 33.4 Å². The molecule has 0 heterocycles. The fraction of sp³-hybridized carbons (Fsp3) is 0.600. The highest BCUT2D eigenvalue weighted by Crippen LogP contribution is 2.38. The zero-order chi connectivity index (χ0) is 14.8. The van der Waals surface area contributed by atoms with E-state index >= 15 is 0 Å². The first-order valence-electron chi connectivity index (χ1n) is 6.94. The Kier molecular flexibility index (Phi) is 5.34. The summed E-state index contributed by atoms with van der Waals surface area (Å²) in [6.07, 6.45) is -2.08. The summed E-state index contributed by atoms with van der Waals surface area (Å²) in [5.41, 5.74) is 1.12. The summed E-state index contributed by atoms with van der Waals surface area (Å²) in [5.74, 6) is -1.14.